The van der Waals surface area contributed by atoms with E-state index in [1.54, 1.807) is 0 Å². The van der Waals surface area contributed by atoms with E-state index in [0.717, 1.165) is 12.1 Å². The molecule has 1 rings (SSSR count). The van der Waals surface area contributed by atoms with Crippen LogP contribution in [0.5, 0.6) is 0 Å². The molecular formula is C10H9FN2O2. The quantitative estimate of drug-likeness (QED) is 0.430. The topological polar surface area (TPSA) is 69.2 Å². The molecule has 0 aliphatic heterocycles. The first-order chi connectivity index (χ1) is 7.06. The van der Waals surface area contributed by atoms with E-state index in [9.17, 15) is 14.5 Å². The maximum absolute atomic E-state index is 13.3. The van der Waals surface area contributed by atoms with Crippen molar-refractivity contribution in [2.75, 3.05) is 6.54 Å². The molecule has 0 fully saturated rings. The minimum absolute atomic E-state index is 0.00208. The van der Waals surface area contributed by atoms with Gasteiger partial charge in [-0.05, 0) is 13.0 Å². The Kier molecular flexibility index (Phi) is 3.37. The van der Waals surface area contributed by atoms with E-state index >= 15 is 0 Å². The van der Waals surface area contributed by atoms with Crippen LogP contribution in [0.2, 0.25) is 0 Å². The molecule has 0 radical (unpaired) electrons. The zero-order chi connectivity index (χ0) is 11.4. The molecule has 1 aromatic carbocycles. The highest BCUT2D eigenvalue weighted by Crippen LogP contribution is 2.21. The number of benzene rings is 1. The Labute approximate surface area is 86.0 Å². The molecule has 0 saturated heterocycles. The molecule has 0 atom stereocenters. The average Bonchev–Trinajstić information content (AvgIpc) is 2.16. The molecule has 78 valence electrons. The molecule has 0 bridgehead atoms. The van der Waals surface area contributed by atoms with Crippen molar-refractivity contribution in [3.8, 4) is 11.8 Å². The van der Waals surface area contributed by atoms with Gasteiger partial charge in [-0.3, -0.25) is 10.1 Å². The van der Waals surface area contributed by atoms with Crippen molar-refractivity contribution >= 4 is 5.69 Å². The lowest BCUT2D eigenvalue weighted by molar-refractivity contribution is -0.385. The van der Waals surface area contributed by atoms with E-state index in [1.807, 2.05) is 0 Å². The number of halogens is 1. The van der Waals surface area contributed by atoms with Crippen molar-refractivity contribution < 1.29 is 9.31 Å². The lowest BCUT2D eigenvalue weighted by Gasteiger charge is -1.99. The largest absolute Gasteiger partial charge is 0.320 e. The molecule has 2 N–H and O–H groups in total. The summed E-state index contributed by atoms with van der Waals surface area (Å²) in [6.07, 6.45) is 0. The smallest absolute Gasteiger partial charge is 0.273 e. The van der Waals surface area contributed by atoms with E-state index in [0.29, 0.717) is 0 Å². The van der Waals surface area contributed by atoms with E-state index in [1.165, 1.54) is 6.92 Å². The lowest BCUT2D eigenvalue weighted by atomic mass is 10.1. The molecule has 1 aromatic rings. The summed E-state index contributed by atoms with van der Waals surface area (Å²) in [6, 6.07) is 2.21. The van der Waals surface area contributed by atoms with Gasteiger partial charge in [0, 0.05) is 11.6 Å². The summed E-state index contributed by atoms with van der Waals surface area (Å²) in [5.74, 6) is 4.32. The van der Waals surface area contributed by atoms with Crippen LogP contribution in [0.4, 0.5) is 10.1 Å². The fourth-order valence-electron chi connectivity index (χ4n) is 1.10. The highest BCUT2D eigenvalue weighted by Gasteiger charge is 2.13. The number of nitro benzene ring substituents is 1. The van der Waals surface area contributed by atoms with Gasteiger partial charge in [0.2, 0.25) is 0 Å². The summed E-state index contributed by atoms with van der Waals surface area (Å²) in [6.45, 7) is 1.56. The van der Waals surface area contributed by atoms with Gasteiger partial charge in [0.05, 0.1) is 17.0 Å². The summed E-state index contributed by atoms with van der Waals surface area (Å²) in [7, 11) is 0. The van der Waals surface area contributed by atoms with E-state index in [2.05, 4.69) is 11.8 Å². The molecule has 15 heavy (non-hydrogen) atoms. The zero-order valence-corrected chi connectivity index (χ0v) is 8.08. The third kappa shape index (κ3) is 2.51. The van der Waals surface area contributed by atoms with E-state index < -0.39 is 10.7 Å². The summed E-state index contributed by atoms with van der Waals surface area (Å²) in [4.78, 5) is 10.0. The van der Waals surface area contributed by atoms with Crippen LogP contribution in [-0.2, 0) is 0 Å². The fourth-order valence-corrected chi connectivity index (χ4v) is 1.10. The van der Waals surface area contributed by atoms with Crippen LogP contribution in [-0.4, -0.2) is 11.5 Å². The summed E-state index contributed by atoms with van der Waals surface area (Å²) >= 11 is 0. The second-order valence-electron chi connectivity index (χ2n) is 2.88. The Morgan fingerprint density at radius 2 is 2.27 bits per heavy atom. The molecule has 0 spiro atoms. The number of rotatable bonds is 1. The van der Waals surface area contributed by atoms with Crippen molar-refractivity contribution in [3.05, 3.63) is 39.2 Å². The van der Waals surface area contributed by atoms with E-state index in [4.69, 9.17) is 5.73 Å². The zero-order valence-electron chi connectivity index (χ0n) is 8.08. The SMILES string of the molecule is Cc1cc(F)c(C#CCN)cc1[N+](=O)[O-]. The van der Waals surface area contributed by atoms with Gasteiger partial charge in [-0.25, -0.2) is 4.39 Å². The van der Waals surface area contributed by atoms with Crippen molar-refractivity contribution in [1.82, 2.24) is 0 Å². The highest BCUT2D eigenvalue weighted by atomic mass is 19.1. The second kappa shape index (κ2) is 4.53. The number of aryl methyl sites for hydroxylation is 1. The predicted octanol–water partition coefficient (Wildman–Crippen LogP) is 1.35. The molecule has 0 heterocycles. The van der Waals surface area contributed by atoms with Crippen molar-refractivity contribution in [1.29, 1.82) is 0 Å². The van der Waals surface area contributed by atoms with Crippen LogP contribution in [0.3, 0.4) is 0 Å². The highest BCUT2D eigenvalue weighted by molar-refractivity contribution is 5.49. The Balaban J connectivity index is 3.29. The van der Waals surface area contributed by atoms with Crippen molar-refractivity contribution in [2.24, 2.45) is 5.73 Å². The molecule has 0 saturated carbocycles. The van der Waals surface area contributed by atoms with Gasteiger partial charge < -0.3 is 5.73 Å². The van der Waals surface area contributed by atoms with E-state index in [-0.39, 0.29) is 23.4 Å². The van der Waals surface area contributed by atoms with Gasteiger partial charge in [-0.2, -0.15) is 0 Å². The Morgan fingerprint density at radius 3 is 2.80 bits per heavy atom. The van der Waals surface area contributed by atoms with Gasteiger partial charge >= 0.3 is 0 Å². The monoisotopic (exact) mass is 208 g/mol. The molecular weight excluding hydrogens is 199 g/mol. The molecule has 0 aromatic heterocycles. The van der Waals surface area contributed by atoms with Crippen LogP contribution in [0.25, 0.3) is 0 Å². The molecule has 4 nitrogen and oxygen atoms in total. The Hall–Kier alpha value is -1.93. The molecule has 5 heteroatoms. The fraction of sp³-hybridized carbons (Fsp3) is 0.200. The maximum Gasteiger partial charge on any atom is 0.273 e. The van der Waals surface area contributed by atoms with Crippen molar-refractivity contribution in [2.45, 2.75) is 6.92 Å². The van der Waals surface area contributed by atoms with Crippen LogP contribution in [0, 0.1) is 34.7 Å². The Morgan fingerprint density at radius 1 is 1.60 bits per heavy atom. The summed E-state index contributed by atoms with van der Waals surface area (Å²) < 4.78 is 13.3. The van der Waals surface area contributed by atoms with Gasteiger partial charge in [0.15, 0.2) is 0 Å². The van der Waals surface area contributed by atoms with Gasteiger partial charge in [0.1, 0.15) is 5.82 Å². The van der Waals surface area contributed by atoms with Gasteiger partial charge in [0.25, 0.3) is 5.69 Å². The first kappa shape index (κ1) is 11.1. The first-order valence-electron chi connectivity index (χ1n) is 4.19. The number of nitro groups is 1. The van der Waals surface area contributed by atoms with Crippen molar-refractivity contribution in [3.63, 3.8) is 0 Å². The lowest BCUT2D eigenvalue weighted by Crippen LogP contribution is -1.96. The molecule has 0 unspecified atom stereocenters. The normalized spacial score (nSPS) is 9.27. The molecule has 0 aliphatic rings. The van der Waals surface area contributed by atoms with Gasteiger partial charge in [-0.1, -0.05) is 11.8 Å². The van der Waals surface area contributed by atoms with Crippen LogP contribution < -0.4 is 5.73 Å². The summed E-state index contributed by atoms with van der Waals surface area (Å²) in [5, 5.41) is 10.6. The summed E-state index contributed by atoms with van der Waals surface area (Å²) in [5.41, 5.74) is 5.26. The minimum atomic E-state index is -0.570. The van der Waals surface area contributed by atoms with Crippen LogP contribution >= 0.6 is 0 Å². The first-order valence-corrected chi connectivity index (χ1v) is 4.19. The standard InChI is InChI=1S/C10H9FN2O2/c1-7-5-9(11)8(3-2-4-12)6-10(7)13(14)15/h5-6H,4,12H2,1H3. The van der Waals surface area contributed by atoms with Crippen LogP contribution in [0.15, 0.2) is 12.1 Å². The maximum atomic E-state index is 13.3. The minimum Gasteiger partial charge on any atom is -0.320 e. The molecule has 0 amide bonds. The Bertz CT molecular complexity index is 460. The third-order valence-electron chi connectivity index (χ3n) is 1.81. The second-order valence-corrected chi connectivity index (χ2v) is 2.88. The predicted molar refractivity (Wildman–Crippen MR) is 53.7 cm³/mol. The third-order valence-corrected chi connectivity index (χ3v) is 1.81. The number of nitrogens with zero attached hydrogens (tertiary/aromatic N) is 1. The average molecular weight is 208 g/mol. The molecule has 0 aliphatic carbocycles. The number of hydrogen-bond acceptors (Lipinski definition) is 3. The van der Waals surface area contributed by atoms with Gasteiger partial charge in [-0.15, -0.1) is 0 Å². The number of hydrogen-bond donors (Lipinski definition) is 1. The van der Waals surface area contributed by atoms with Crippen LogP contribution in [0.1, 0.15) is 11.1 Å². The number of nitrogens with two attached hydrogens (primary N) is 1.